The van der Waals surface area contributed by atoms with Crippen molar-refractivity contribution in [2.24, 2.45) is 0 Å². The van der Waals surface area contributed by atoms with E-state index in [1.165, 1.54) is 6.20 Å². The predicted molar refractivity (Wildman–Crippen MR) is 63.6 cm³/mol. The van der Waals surface area contributed by atoms with E-state index in [9.17, 15) is 4.79 Å². The topological polar surface area (TPSA) is 53.8 Å². The van der Waals surface area contributed by atoms with Crippen LogP contribution in [-0.4, -0.2) is 11.3 Å². The van der Waals surface area contributed by atoms with Gasteiger partial charge in [0.05, 0.1) is 11.6 Å². The fourth-order valence-corrected chi connectivity index (χ4v) is 1.60. The van der Waals surface area contributed by atoms with Gasteiger partial charge < -0.3 is 0 Å². The number of pyridine rings is 1. The van der Waals surface area contributed by atoms with Gasteiger partial charge in [0.25, 0.3) is 0 Å². The normalized spacial score (nSPS) is 9.59. The lowest BCUT2D eigenvalue weighted by Gasteiger charge is -2.02. The van der Waals surface area contributed by atoms with Crippen molar-refractivity contribution in [3.05, 3.63) is 65.0 Å². The van der Waals surface area contributed by atoms with E-state index >= 15 is 0 Å². The molecule has 17 heavy (non-hydrogen) atoms. The van der Waals surface area contributed by atoms with Crippen molar-refractivity contribution >= 4 is 6.29 Å². The van der Waals surface area contributed by atoms with Gasteiger partial charge in [0, 0.05) is 18.0 Å². The van der Waals surface area contributed by atoms with E-state index in [2.05, 4.69) is 11.1 Å². The van der Waals surface area contributed by atoms with Crippen LogP contribution in [0.1, 0.15) is 27.0 Å². The first-order chi connectivity index (χ1) is 8.31. The third kappa shape index (κ3) is 2.76. The van der Waals surface area contributed by atoms with E-state index in [4.69, 9.17) is 5.26 Å². The quantitative estimate of drug-likeness (QED) is 0.749. The lowest BCUT2D eigenvalue weighted by molar-refractivity contribution is 0.112. The molecule has 0 fully saturated rings. The van der Waals surface area contributed by atoms with Crippen LogP contribution < -0.4 is 0 Å². The van der Waals surface area contributed by atoms with Gasteiger partial charge in [-0.1, -0.05) is 12.1 Å². The fraction of sp³-hybridized carbons (Fsp3) is 0.0714. The van der Waals surface area contributed by atoms with Gasteiger partial charge in [0.2, 0.25) is 0 Å². The maximum Gasteiger partial charge on any atom is 0.151 e. The summed E-state index contributed by atoms with van der Waals surface area (Å²) in [6.45, 7) is 0. The Hall–Kier alpha value is -2.47. The van der Waals surface area contributed by atoms with Crippen molar-refractivity contribution in [1.82, 2.24) is 4.98 Å². The van der Waals surface area contributed by atoms with Gasteiger partial charge in [-0.2, -0.15) is 5.26 Å². The molecule has 0 radical (unpaired) electrons. The molecule has 82 valence electrons. The van der Waals surface area contributed by atoms with Gasteiger partial charge in [-0.05, 0) is 35.7 Å². The summed E-state index contributed by atoms with van der Waals surface area (Å²) in [5.41, 5.74) is 3.30. The average molecular weight is 222 g/mol. The molecule has 0 N–H and O–H groups in total. The van der Waals surface area contributed by atoms with Crippen molar-refractivity contribution in [3.8, 4) is 6.07 Å². The first-order valence-electron chi connectivity index (χ1n) is 5.20. The predicted octanol–water partition coefficient (Wildman–Crippen LogP) is 2.36. The number of carbonyl (C=O) groups is 1. The molecule has 1 heterocycles. The van der Waals surface area contributed by atoms with E-state index in [0.717, 1.165) is 17.4 Å². The molecule has 1 aromatic heterocycles. The number of nitriles is 1. The highest BCUT2D eigenvalue weighted by Crippen LogP contribution is 2.10. The maximum atomic E-state index is 10.6. The number of rotatable bonds is 3. The lowest BCUT2D eigenvalue weighted by atomic mass is 10.0. The van der Waals surface area contributed by atoms with Crippen LogP contribution >= 0.6 is 0 Å². The minimum atomic E-state index is 0.580. The molecule has 2 rings (SSSR count). The average Bonchev–Trinajstić information content (AvgIpc) is 2.40. The van der Waals surface area contributed by atoms with E-state index in [-0.39, 0.29) is 0 Å². The summed E-state index contributed by atoms with van der Waals surface area (Å²) in [5, 5.41) is 8.69. The van der Waals surface area contributed by atoms with E-state index in [1.54, 1.807) is 18.3 Å². The van der Waals surface area contributed by atoms with E-state index in [0.29, 0.717) is 17.5 Å². The molecule has 3 nitrogen and oxygen atoms in total. The Labute approximate surface area is 99.4 Å². The monoisotopic (exact) mass is 222 g/mol. The zero-order valence-corrected chi connectivity index (χ0v) is 9.13. The summed E-state index contributed by atoms with van der Waals surface area (Å²) in [6.07, 6.45) is 4.77. The first-order valence-corrected chi connectivity index (χ1v) is 5.20. The molecule has 0 aliphatic carbocycles. The van der Waals surface area contributed by atoms with Crippen LogP contribution in [0.3, 0.4) is 0 Å². The molecular formula is C14H10N2O. The van der Waals surface area contributed by atoms with E-state index < -0.39 is 0 Å². The Kier molecular flexibility index (Phi) is 3.27. The summed E-state index contributed by atoms with van der Waals surface area (Å²) in [4.78, 5) is 14.6. The van der Waals surface area contributed by atoms with Crippen molar-refractivity contribution in [1.29, 1.82) is 5.26 Å². The number of hydrogen-bond donors (Lipinski definition) is 0. The summed E-state index contributed by atoms with van der Waals surface area (Å²) >= 11 is 0. The first kappa shape index (κ1) is 11.0. The third-order valence-corrected chi connectivity index (χ3v) is 2.44. The van der Waals surface area contributed by atoms with Crippen molar-refractivity contribution in [3.63, 3.8) is 0 Å². The highest BCUT2D eigenvalue weighted by Gasteiger charge is 1.99. The summed E-state index contributed by atoms with van der Waals surface area (Å²) in [5.74, 6) is 0. The molecule has 0 saturated heterocycles. The maximum absolute atomic E-state index is 10.6. The Bertz CT molecular complexity index is 568. The van der Waals surface area contributed by atoms with Crippen LogP contribution in [0, 0.1) is 11.3 Å². The van der Waals surface area contributed by atoms with Gasteiger partial charge in [0.15, 0.2) is 6.29 Å². The third-order valence-electron chi connectivity index (χ3n) is 2.44. The molecule has 3 heteroatoms. The molecule has 0 amide bonds. The minimum absolute atomic E-state index is 0.580. The van der Waals surface area contributed by atoms with Crippen LogP contribution in [0.4, 0.5) is 0 Å². The molecule has 2 aromatic rings. The van der Waals surface area contributed by atoms with Gasteiger partial charge in [-0.3, -0.25) is 9.78 Å². The second kappa shape index (κ2) is 5.04. The number of benzene rings is 1. The Morgan fingerprint density at radius 2 is 1.94 bits per heavy atom. The Morgan fingerprint density at radius 3 is 2.59 bits per heavy atom. The van der Waals surface area contributed by atoms with Crippen molar-refractivity contribution < 1.29 is 4.79 Å². The van der Waals surface area contributed by atoms with Gasteiger partial charge in [-0.15, -0.1) is 0 Å². The second-order valence-corrected chi connectivity index (χ2v) is 3.73. The fourth-order valence-electron chi connectivity index (χ4n) is 1.60. The van der Waals surface area contributed by atoms with Gasteiger partial charge in [-0.25, -0.2) is 0 Å². The van der Waals surface area contributed by atoms with Crippen LogP contribution in [0.2, 0.25) is 0 Å². The molecular weight excluding hydrogens is 212 g/mol. The molecule has 0 unspecified atom stereocenters. The Morgan fingerprint density at radius 1 is 1.18 bits per heavy atom. The van der Waals surface area contributed by atoms with Crippen molar-refractivity contribution in [2.75, 3.05) is 0 Å². The minimum Gasteiger partial charge on any atom is -0.298 e. The molecule has 0 bridgehead atoms. The zero-order valence-electron chi connectivity index (χ0n) is 9.13. The number of hydrogen-bond acceptors (Lipinski definition) is 3. The molecule has 0 saturated carbocycles. The summed E-state index contributed by atoms with van der Waals surface area (Å²) in [6, 6.07) is 11.3. The number of carbonyl (C=O) groups excluding carboxylic acids is 1. The zero-order chi connectivity index (χ0) is 12.1. The lowest BCUT2D eigenvalue weighted by Crippen LogP contribution is -1.92. The summed E-state index contributed by atoms with van der Waals surface area (Å²) in [7, 11) is 0. The van der Waals surface area contributed by atoms with Crippen molar-refractivity contribution in [2.45, 2.75) is 6.42 Å². The SMILES string of the molecule is N#Cc1ccc(Cc2cncc(C=O)c2)cc1. The standard InChI is InChI=1S/C14H10N2O/c15-7-12-3-1-11(2-4-12)5-13-6-14(10-17)9-16-8-13/h1-4,6,8-10H,5H2. The summed E-state index contributed by atoms with van der Waals surface area (Å²) < 4.78 is 0. The van der Waals surface area contributed by atoms with Crippen LogP contribution in [0.25, 0.3) is 0 Å². The number of aldehydes is 1. The highest BCUT2D eigenvalue weighted by molar-refractivity contribution is 5.74. The molecule has 0 aliphatic heterocycles. The van der Waals surface area contributed by atoms with Gasteiger partial charge >= 0.3 is 0 Å². The number of aromatic nitrogens is 1. The van der Waals surface area contributed by atoms with Crippen LogP contribution in [0.15, 0.2) is 42.7 Å². The van der Waals surface area contributed by atoms with Crippen LogP contribution in [0.5, 0.6) is 0 Å². The largest absolute Gasteiger partial charge is 0.298 e. The second-order valence-electron chi connectivity index (χ2n) is 3.73. The highest BCUT2D eigenvalue weighted by atomic mass is 16.1. The molecule has 1 aromatic carbocycles. The van der Waals surface area contributed by atoms with E-state index in [1.807, 2.05) is 18.2 Å². The van der Waals surface area contributed by atoms with Gasteiger partial charge in [0.1, 0.15) is 0 Å². The molecule has 0 atom stereocenters. The van der Waals surface area contributed by atoms with Crippen LogP contribution in [-0.2, 0) is 6.42 Å². The molecule has 0 aliphatic rings. The Balaban J connectivity index is 2.19. The molecule has 0 spiro atoms. The number of nitrogens with zero attached hydrogens (tertiary/aromatic N) is 2. The smallest absolute Gasteiger partial charge is 0.151 e.